The first-order valence-electron chi connectivity index (χ1n) is 10.3. The summed E-state index contributed by atoms with van der Waals surface area (Å²) in [5.41, 5.74) is -1.19. The van der Waals surface area contributed by atoms with Gasteiger partial charge in [-0.2, -0.15) is 0 Å². The van der Waals surface area contributed by atoms with E-state index in [4.69, 9.17) is 18.6 Å². The minimum atomic E-state index is -1.99. The Hall–Kier alpha value is -1.26. The van der Waals surface area contributed by atoms with E-state index < -0.39 is 37.2 Å². The number of nitrogens with zero attached hydrogens (tertiary/aromatic N) is 1. The van der Waals surface area contributed by atoms with Gasteiger partial charge in [0.05, 0.1) is 6.61 Å². The van der Waals surface area contributed by atoms with E-state index in [0.29, 0.717) is 25.1 Å². The molecule has 4 rings (SSSR count). The summed E-state index contributed by atoms with van der Waals surface area (Å²) in [6, 6.07) is 1.47. The van der Waals surface area contributed by atoms with E-state index >= 15 is 0 Å². The van der Waals surface area contributed by atoms with E-state index in [1.54, 1.807) is 4.57 Å². The number of hydrogen-bond donors (Lipinski definition) is 1. The van der Waals surface area contributed by atoms with Crippen molar-refractivity contribution in [2.45, 2.75) is 95.4 Å². The molecule has 1 aromatic rings. The van der Waals surface area contributed by atoms with E-state index in [-0.39, 0.29) is 17.2 Å². The van der Waals surface area contributed by atoms with Gasteiger partial charge >= 0.3 is 5.69 Å². The lowest BCUT2D eigenvalue weighted by Crippen LogP contribution is -2.49. The number of nitrogens with one attached hydrogen (secondary N) is 1. The lowest BCUT2D eigenvalue weighted by atomic mass is 10.0. The number of ether oxygens (including phenoxy) is 3. The summed E-state index contributed by atoms with van der Waals surface area (Å²) in [5, 5.41) is 0.0748. The first-order chi connectivity index (χ1) is 13.3. The SMILES string of the molecule is CC1(C)O[C@H]2[C@@H](O1)[C@@]1(CCc3cc(=O)[nH]c(=O)n31)O[C@@H]2CO[Si](C)(C)C(C)(C)C. The van der Waals surface area contributed by atoms with Crippen LogP contribution in [0.25, 0.3) is 0 Å². The predicted octanol–water partition coefficient (Wildman–Crippen LogP) is 2.08. The molecule has 0 amide bonds. The molecule has 0 unspecified atom stereocenters. The molecule has 162 valence electrons. The maximum atomic E-state index is 12.7. The molecule has 0 aromatic carbocycles. The zero-order valence-electron chi connectivity index (χ0n) is 18.3. The van der Waals surface area contributed by atoms with Crippen molar-refractivity contribution in [3.05, 3.63) is 32.6 Å². The monoisotopic (exact) mass is 424 g/mol. The van der Waals surface area contributed by atoms with Crippen LogP contribution in [-0.4, -0.2) is 48.6 Å². The van der Waals surface area contributed by atoms with Crippen LogP contribution >= 0.6 is 0 Å². The van der Waals surface area contributed by atoms with Crippen molar-refractivity contribution in [1.29, 1.82) is 0 Å². The summed E-state index contributed by atoms with van der Waals surface area (Å²) in [4.78, 5) is 26.8. The van der Waals surface area contributed by atoms with Gasteiger partial charge in [-0.25, -0.2) is 4.79 Å². The standard InChI is InChI=1S/C20H32N2O6Si/c1-18(2,3)29(6,7)25-11-13-15-16(28-19(4,5)27-15)20(26-13)9-8-12-10-14(23)21-17(24)22(12)20/h10,13,15-16H,8-9,11H2,1-7H3,(H,21,23,24)/t13-,15-,16-,20-/m1/s1. The summed E-state index contributed by atoms with van der Waals surface area (Å²) in [6.45, 7) is 15.1. The highest BCUT2D eigenvalue weighted by atomic mass is 28.4. The fourth-order valence-electron chi connectivity index (χ4n) is 4.38. The Morgan fingerprint density at radius 3 is 2.59 bits per heavy atom. The minimum absolute atomic E-state index is 0.0748. The highest BCUT2D eigenvalue weighted by molar-refractivity contribution is 6.74. The number of aromatic nitrogens is 2. The molecule has 1 N–H and O–H groups in total. The van der Waals surface area contributed by atoms with Crippen LogP contribution in [0.2, 0.25) is 18.1 Å². The van der Waals surface area contributed by atoms with Gasteiger partial charge in [0.25, 0.3) is 5.56 Å². The number of H-pyrrole nitrogens is 1. The third-order valence-electron chi connectivity index (χ3n) is 6.85. The zero-order valence-corrected chi connectivity index (χ0v) is 19.3. The number of hydrogen-bond acceptors (Lipinski definition) is 6. The smallest absolute Gasteiger partial charge is 0.330 e. The van der Waals surface area contributed by atoms with Gasteiger partial charge in [-0.1, -0.05) is 20.8 Å². The highest BCUT2D eigenvalue weighted by Gasteiger charge is 2.65. The summed E-state index contributed by atoms with van der Waals surface area (Å²) < 4.78 is 26.9. The van der Waals surface area contributed by atoms with Crippen LogP contribution in [0.15, 0.2) is 15.7 Å². The Morgan fingerprint density at radius 2 is 1.93 bits per heavy atom. The van der Waals surface area contributed by atoms with Crippen molar-refractivity contribution in [1.82, 2.24) is 9.55 Å². The van der Waals surface area contributed by atoms with E-state index in [9.17, 15) is 9.59 Å². The van der Waals surface area contributed by atoms with Crippen molar-refractivity contribution in [3.63, 3.8) is 0 Å². The fourth-order valence-corrected chi connectivity index (χ4v) is 5.40. The lowest BCUT2D eigenvalue weighted by Gasteiger charge is -2.37. The van der Waals surface area contributed by atoms with Crippen LogP contribution < -0.4 is 11.2 Å². The van der Waals surface area contributed by atoms with Gasteiger partial charge in [0, 0.05) is 18.2 Å². The molecule has 0 radical (unpaired) electrons. The van der Waals surface area contributed by atoms with E-state index in [0.717, 1.165) is 0 Å². The maximum absolute atomic E-state index is 12.7. The van der Waals surface area contributed by atoms with E-state index in [2.05, 4.69) is 38.8 Å². The Balaban J connectivity index is 1.69. The highest BCUT2D eigenvalue weighted by Crippen LogP contribution is 2.51. The molecule has 2 fully saturated rings. The molecule has 0 saturated carbocycles. The second-order valence-corrected chi connectivity index (χ2v) is 15.2. The molecule has 4 heterocycles. The second kappa shape index (κ2) is 6.37. The molecule has 0 aliphatic carbocycles. The third kappa shape index (κ3) is 3.27. The van der Waals surface area contributed by atoms with E-state index in [1.807, 2.05) is 13.8 Å². The molecule has 3 aliphatic rings. The second-order valence-electron chi connectivity index (χ2n) is 10.4. The molecular weight excluding hydrogens is 392 g/mol. The Kier molecular flexibility index (Phi) is 4.61. The fraction of sp³-hybridized carbons (Fsp3) is 0.800. The van der Waals surface area contributed by atoms with Crippen LogP contribution in [0.3, 0.4) is 0 Å². The zero-order chi connectivity index (χ0) is 21.4. The van der Waals surface area contributed by atoms with E-state index in [1.165, 1.54) is 6.07 Å². The Labute approximate surface area is 171 Å². The molecule has 8 nitrogen and oxygen atoms in total. The average Bonchev–Trinajstić information content (AvgIpc) is 3.16. The quantitative estimate of drug-likeness (QED) is 0.747. The maximum Gasteiger partial charge on any atom is 0.330 e. The van der Waals surface area contributed by atoms with Crippen molar-refractivity contribution in [2.75, 3.05) is 6.61 Å². The summed E-state index contributed by atoms with van der Waals surface area (Å²) in [5.74, 6) is -0.782. The Bertz CT molecular complexity index is 930. The molecule has 3 aliphatic heterocycles. The van der Waals surface area contributed by atoms with Gasteiger partial charge in [0.15, 0.2) is 19.8 Å². The van der Waals surface area contributed by atoms with Gasteiger partial charge in [-0.15, -0.1) is 0 Å². The van der Waals surface area contributed by atoms with Crippen LogP contribution in [-0.2, 0) is 30.8 Å². The summed E-state index contributed by atoms with van der Waals surface area (Å²) >= 11 is 0. The topological polar surface area (TPSA) is 91.8 Å². The third-order valence-corrected chi connectivity index (χ3v) is 11.3. The molecule has 0 bridgehead atoms. The van der Waals surface area contributed by atoms with Crippen molar-refractivity contribution in [3.8, 4) is 0 Å². The average molecular weight is 425 g/mol. The molecule has 29 heavy (non-hydrogen) atoms. The Morgan fingerprint density at radius 1 is 1.24 bits per heavy atom. The molecule has 4 atom stereocenters. The van der Waals surface area contributed by atoms with Gasteiger partial charge in [-0.3, -0.25) is 14.3 Å². The van der Waals surface area contributed by atoms with Crippen LogP contribution in [0.4, 0.5) is 0 Å². The van der Waals surface area contributed by atoms with Crippen LogP contribution in [0.5, 0.6) is 0 Å². The van der Waals surface area contributed by atoms with Gasteiger partial charge in [0.1, 0.15) is 18.3 Å². The molecule has 1 aromatic heterocycles. The molecular formula is C20H32N2O6Si. The minimum Gasteiger partial charge on any atom is -0.414 e. The summed E-state index contributed by atoms with van der Waals surface area (Å²) in [6.07, 6.45) is -0.0331. The van der Waals surface area contributed by atoms with Crippen molar-refractivity contribution in [2.24, 2.45) is 0 Å². The number of aromatic amines is 1. The summed E-state index contributed by atoms with van der Waals surface area (Å²) in [7, 11) is -1.99. The lowest BCUT2D eigenvalue weighted by molar-refractivity contribution is -0.232. The largest absolute Gasteiger partial charge is 0.414 e. The first-order valence-corrected chi connectivity index (χ1v) is 13.2. The molecule has 1 spiro atoms. The number of aryl methyl sites for hydroxylation is 1. The van der Waals surface area contributed by atoms with Crippen LogP contribution in [0.1, 0.15) is 46.7 Å². The molecule has 9 heteroatoms. The predicted molar refractivity (Wildman–Crippen MR) is 109 cm³/mol. The van der Waals surface area contributed by atoms with Crippen LogP contribution in [0, 0.1) is 0 Å². The number of fused-ring (bicyclic) bond motifs is 4. The number of rotatable bonds is 3. The van der Waals surface area contributed by atoms with Gasteiger partial charge in [0.2, 0.25) is 0 Å². The van der Waals surface area contributed by atoms with Gasteiger partial charge in [-0.05, 0) is 38.4 Å². The van der Waals surface area contributed by atoms with Crippen molar-refractivity contribution < 1.29 is 18.6 Å². The van der Waals surface area contributed by atoms with Gasteiger partial charge < -0.3 is 18.6 Å². The normalized spacial score (nSPS) is 33.3. The molecule has 2 saturated heterocycles. The van der Waals surface area contributed by atoms with Crippen molar-refractivity contribution >= 4 is 8.32 Å². The first kappa shape index (κ1) is 21.0.